The lowest BCUT2D eigenvalue weighted by molar-refractivity contribution is -0.119. The molecule has 0 aliphatic rings. The predicted molar refractivity (Wildman–Crippen MR) is 55.0 cm³/mol. The number of imidazole rings is 1. The summed E-state index contributed by atoms with van der Waals surface area (Å²) in [5.74, 6) is -0.354. The van der Waals surface area contributed by atoms with Crippen LogP contribution in [0, 0.1) is 0 Å². The number of H-pyrrole nitrogens is 2. The molecule has 0 saturated carbocycles. The summed E-state index contributed by atoms with van der Waals surface area (Å²) in [7, 11) is 1.40. The van der Waals surface area contributed by atoms with E-state index in [-0.39, 0.29) is 23.7 Å². The Morgan fingerprint density at radius 3 is 3.19 bits per heavy atom. The molecule has 16 heavy (non-hydrogen) atoms. The second-order valence-corrected chi connectivity index (χ2v) is 3.00. The number of carbonyl (C=O) groups excluding carboxylic acids is 1. The summed E-state index contributed by atoms with van der Waals surface area (Å²) >= 11 is 0. The minimum atomic E-state index is -0.402. The van der Waals surface area contributed by atoms with Gasteiger partial charge < -0.3 is 9.72 Å². The molecule has 0 aliphatic carbocycles. The Morgan fingerprint density at radius 1 is 1.62 bits per heavy atom. The van der Waals surface area contributed by atoms with Crippen molar-refractivity contribution in [1.82, 2.24) is 19.9 Å². The van der Waals surface area contributed by atoms with Crippen LogP contribution in [0.25, 0.3) is 11.2 Å². The van der Waals surface area contributed by atoms with Crippen LogP contribution in [0.4, 0.5) is 5.95 Å². The smallest absolute Gasteiger partial charge is 0.278 e. The van der Waals surface area contributed by atoms with Gasteiger partial charge in [-0.3, -0.25) is 19.9 Å². The molecular weight excluding hydrogens is 214 g/mol. The maximum Gasteiger partial charge on any atom is 0.278 e. The molecule has 3 N–H and O–H groups in total. The van der Waals surface area contributed by atoms with Crippen molar-refractivity contribution in [3.05, 3.63) is 16.7 Å². The van der Waals surface area contributed by atoms with Crippen molar-refractivity contribution in [2.75, 3.05) is 19.0 Å². The standard InChI is InChI=1S/C8H9N5O3/c1-16-2-4(14)11-8-12-6-5(7(15)13-8)9-3-10-6/h3H,2H2,1H3,(H3,9,10,11,12,13,14,15). The highest BCUT2D eigenvalue weighted by Crippen LogP contribution is 2.02. The van der Waals surface area contributed by atoms with E-state index in [2.05, 4.69) is 30.0 Å². The topological polar surface area (TPSA) is 113 Å². The number of fused-ring (bicyclic) bond motifs is 1. The van der Waals surface area contributed by atoms with Gasteiger partial charge in [-0.25, -0.2) is 4.98 Å². The summed E-state index contributed by atoms with van der Waals surface area (Å²) in [5.41, 5.74) is 0.122. The number of carbonyl (C=O) groups is 1. The first kappa shape index (κ1) is 10.3. The summed E-state index contributed by atoms with van der Waals surface area (Å²) in [6.45, 7) is -0.109. The van der Waals surface area contributed by atoms with Gasteiger partial charge in [-0.1, -0.05) is 0 Å². The minimum absolute atomic E-state index is 0.0478. The van der Waals surface area contributed by atoms with Gasteiger partial charge in [0.1, 0.15) is 6.61 Å². The largest absolute Gasteiger partial charge is 0.375 e. The quantitative estimate of drug-likeness (QED) is 0.632. The van der Waals surface area contributed by atoms with Crippen LogP contribution in [0.5, 0.6) is 0 Å². The Morgan fingerprint density at radius 2 is 2.44 bits per heavy atom. The average molecular weight is 223 g/mol. The van der Waals surface area contributed by atoms with Gasteiger partial charge in [-0.15, -0.1) is 0 Å². The molecule has 8 nitrogen and oxygen atoms in total. The minimum Gasteiger partial charge on any atom is -0.375 e. The van der Waals surface area contributed by atoms with Gasteiger partial charge in [0.25, 0.3) is 11.5 Å². The Kier molecular flexibility index (Phi) is 2.64. The third-order valence-electron chi connectivity index (χ3n) is 1.83. The normalized spacial score (nSPS) is 10.6. The number of aromatic amines is 2. The summed E-state index contributed by atoms with van der Waals surface area (Å²) in [4.78, 5) is 35.4. The maximum atomic E-state index is 11.5. The Bertz CT molecular complexity index is 572. The highest BCUT2D eigenvalue weighted by Gasteiger charge is 2.08. The second kappa shape index (κ2) is 4.11. The molecule has 0 aliphatic heterocycles. The van der Waals surface area contributed by atoms with E-state index in [0.29, 0.717) is 0 Å². The molecule has 84 valence electrons. The third-order valence-corrected chi connectivity index (χ3v) is 1.83. The van der Waals surface area contributed by atoms with Crippen LogP contribution < -0.4 is 10.9 Å². The van der Waals surface area contributed by atoms with E-state index in [1.807, 2.05) is 0 Å². The van der Waals surface area contributed by atoms with Crippen LogP contribution in [-0.4, -0.2) is 39.6 Å². The number of hydrogen-bond donors (Lipinski definition) is 3. The molecule has 0 spiro atoms. The SMILES string of the molecule is COCC(=O)Nc1nc2nc[nH]c2c(=O)[nH]1. The summed E-state index contributed by atoms with van der Waals surface area (Å²) < 4.78 is 4.62. The van der Waals surface area contributed by atoms with Crippen LogP contribution in [0.1, 0.15) is 0 Å². The fourth-order valence-corrected chi connectivity index (χ4v) is 1.20. The van der Waals surface area contributed by atoms with Gasteiger partial charge in [-0.2, -0.15) is 4.98 Å². The highest BCUT2D eigenvalue weighted by molar-refractivity contribution is 5.90. The first-order valence-electron chi connectivity index (χ1n) is 4.43. The van der Waals surface area contributed by atoms with Gasteiger partial charge >= 0.3 is 0 Å². The van der Waals surface area contributed by atoms with Gasteiger partial charge in [0.2, 0.25) is 5.95 Å². The van der Waals surface area contributed by atoms with Gasteiger partial charge in [0, 0.05) is 7.11 Å². The number of nitrogens with zero attached hydrogens (tertiary/aromatic N) is 2. The third kappa shape index (κ3) is 1.91. The number of rotatable bonds is 3. The zero-order valence-corrected chi connectivity index (χ0v) is 8.40. The molecule has 0 fully saturated rings. The molecule has 0 atom stereocenters. The van der Waals surface area contributed by atoms with Gasteiger partial charge in [0.05, 0.1) is 6.33 Å². The van der Waals surface area contributed by atoms with Crippen LogP contribution >= 0.6 is 0 Å². The van der Waals surface area contributed by atoms with Crippen LogP contribution in [0.2, 0.25) is 0 Å². The van der Waals surface area contributed by atoms with Crippen molar-refractivity contribution >= 4 is 23.0 Å². The summed E-state index contributed by atoms with van der Waals surface area (Å²) in [6, 6.07) is 0. The van der Waals surface area contributed by atoms with Crippen LogP contribution in [0.15, 0.2) is 11.1 Å². The monoisotopic (exact) mass is 223 g/mol. The van der Waals surface area contributed by atoms with Crippen molar-refractivity contribution in [3.63, 3.8) is 0 Å². The molecular formula is C8H9N5O3. The number of nitrogens with one attached hydrogen (secondary N) is 3. The number of amides is 1. The fraction of sp³-hybridized carbons (Fsp3) is 0.250. The highest BCUT2D eigenvalue weighted by atomic mass is 16.5. The van der Waals surface area contributed by atoms with E-state index in [4.69, 9.17) is 0 Å². The fourth-order valence-electron chi connectivity index (χ4n) is 1.20. The molecule has 2 aromatic rings. The van der Waals surface area contributed by atoms with Gasteiger partial charge in [0.15, 0.2) is 11.2 Å². The lowest BCUT2D eigenvalue weighted by Gasteiger charge is -2.02. The van der Waals surface area contributed by atoms with E-state index in [1.165, 1.54) is 13.4 Å². The lowest BCUT2D eigenvalue weighted by Crippen LogP contribution is -2.21. The van der Waals surface area contributed by atoms with Crippen molar-refractivity contribution in [3.8, 4) is 0 Å². The van der Waals surface area contributed by atoms with Crippen molar-refractivity contribution in [2.24, 2.45) is 0 Å². The number of anilines is 1. The van der Waals surface area contributed by atoms with Crippen LogP contribution in [0.3, 0.4) is 0 Å². The van der Waals surface area contributed by atoms with E-state index in [0.717, 1.165) is 0 Å². The van der Waals surface area contributed by atoms with Gasteiger partial charge in [-0.05, 0) is 0 Å². The molecule has 0 saturated heterocycles. The molecule has 0 bridgehead atoms. The molecule has 2 aromatic heterocycles. The first-order chi connectivity index (χ1) is 7.70. The summed E-state index contributed by atoms with van der Waals surface area (Å²) in [6.07, 6.45) is 1.35. The molecule has 1 amide bonds. The molecule has 0 aromatic carbocycles. The maximum absolute atomic E-state index is 11.5. The number of hydrogen-bond acceptors (Lipinski definition) is 5. The van der Waals surface area contributed by atoms with E-state index in [9.17, 15) is 9.59 Å². The molecule has 0 unspecified atom stereocenters. The summed E-state index contributed by atoms with van der Waals surface area (Å²) in [5, 5.41) is 2.38. The Balaban J connectivity index is 2.31. The molecule has 2 rings (SSSR count). The molecule has 0 radical (unpaired) electrons. The first-order valence-corrected chi connectivity index (χ1v) is 4.43. The average Bonchev–Trinajstić information content (AvgIpc) is 2.66. The van der Waals surface area contributed by atoms with Crippen LogP contribution in [-0.2, 0) is 9.53 Å². The number of ether oxygens (including phenoxy) is 1. The van der Waals surface area contributed by atoms with Crippen molar-refractivity contribution in [1.29, 1.82) is 0 Å². The Labute approximate surface area is 89.1 Å². The van der Waals surface area contributed by atoms with E-state index >= 15 is 0 Å². The zero-order valence-electron chi connectivity index (χ0n) is 8.40. The predicted octanol–water partition coefficient (Wildman–Crippen LogP) is -0.769. The zero-order chi connectivity index (χ0) is 11.5. The number of aromatic nitrogens is 4. The second-order valence-electron chi connectivity index (χ2n) is 3.00. The lowest BCUT2D eigenvalue weighted by atomic mass is 10.5. The van der Waals surface area contributed by atoms with Crippen molar-refractivity contribution in [2.45, 2.75) is 0 Å². The molecule has 8 heteroatoms. The molecule has 2 heterocycles. The van der Waals surface area contributed by atoms with Crippen molar-refractivity contribution < 1.29 is 9.53 Å². The Hall–Kier alpha value is -2.22. The number of methoxy groups -OCH3 is 1. The van der Waals surface area contributed by atoms with E-state index in [1.54, 1.807) is 0 Å². The van der Waals surface area contributed by atoms with E-state index < -0.39 is 11.5 Å².